The highest BCUT2D eigenvalue weighted by molar-refractivity contribution is 5.08. The van der Waals surface area contributed by atoms with Crippen LogP contribution in [0.3, 0.4) is 0 Å². The molecule has 216 valence electrons. The first-order valence-corrected chi connectivity index (χ1v) is 15.4. The van der Waals surface area contributed by atoms with Crippen molar-refractivity contribution in [3.05, 3.63) is 70.6 Å². The van der Waals surface area contributed by atoms with Crippen LogP contribution >= 0.6 is 0 Å². The first-order chi connectivity index (χ1) is 19.4. The maximum absolute atomic E-state index is 8.25. The van der Waals surface area contributed by atoms with Crippen LogP contribution in [0.25, 0.3) is 10.4 Å². The molecule has 0 radical (unpaired) electrons. The lowest BCUT2D eigenvalue weighted by Crippen LogP contribution is -2.33. The van der Waals surface area contributed by atoms with E-state index in [-0.39, 0.29) is 0 Å². The minimum atomic E-state index is 0.632. The number of unbranched alkanes of at least 4 members (excludes halogenated alkanes) is 10. The number of pyridine rings is 2. The maximum Gasteiger partial charge on any atom is 0.171 e. The molecule has 0 N–H and O–H groups in total. The van der Waals surface area contributed by atoms with Crippen molar-refractivity contribution >= 4 is 0 Å². The van der Waals surface area contributed by atoms with Crippen LogP contribution in [0.2, 0.25) is 0 Å². The largest absolute Gasteiger partial charge is 0.381 e. The van der Waals surface area contributed by atoms with Gasteiger partial charge in [-0.05, 0) is 74.6 Å². The Balaban J connectivity index is 1.34. The summed E-state index contributed by atoms with van der Waals surface area (Å²) < 4.78 is 14.0. The fraction of sp³-hybridized carbons (Fsp3) is 0.688. The summed E-state index contributed by atoms with van der Waals surface area (Å²) in [5.74, 6) is 0. The molecule has 39 heavy (non-hydrogen) atoms. The average Bonchev–Trinajstić information content (AvgIpc) is 2.97. The van der Waals surface area contributed by atoms with Crippen molar-refractivity contribution in [2.24, 2.45) is 5.11 Å². The van der Waals surface area contributed by atoms with E-state index in [1.165, 1.54) is 68.9 Å². The normalized spacial score (nSPS) is 11.0. The van der Waals surface area contributed by atoms with Gasteiger partial charge in [0, 0.05) is 68.3 Å². The van der Waals surface area contributed by atoms with Crippen LogP contribution in [-0.4, -0.2) is 38.0 Å². The summed E-state index contributed by atoms with van der Waals surface area (Å²) in [5.41, 5.74) is 11.0. The van der Waals surface area contributed by atoms with Gasteiger partial charge in [-0.2, -0.15) is 0 Å². The summed E-state index contributed by atoms with van der Waals surface area (Å²) in [5, 5.41) is 3.57. The predicted octanol–water partition coefficient (Wildman–Crippen LogP) is 7.96. The predicted molar refractivity (Wildman–Crippen MR) is 159 cm³/mol. The summed E-state index contributed by atoms with van der Waals surface area (Å²) >= 11 is 0. The average molecular weight is 539 g/mol. The molecule has 7 heteroatoms. The minimum Gasteiger partial charge on any atom is -0.381 e. The molecule has 2 heterocycles. The molecule has 0 aliphatic heterocycles. The molecule has 0 saturated carbocycles. The van der Waals surface area contributed by atoms with Crippen LogP contribution in [0, 0.1) is 0 Å². The SMILES string of the molecule is [N-]=[N+]=NCCCCCCCCOCCCc1ccc[n+](CCCCCCCCOCCCc2cccnc2)c1. The lowest BCUT2D eigenvalue weighted by molar-refractivity contribution is -0.697. The zero-order valence-corrected chi connectivity index (χ0v) is 24.2. The van der Waals surface area contributed by atoms with E-state index < -0.39 is 0 Å². The molecule has 0 fully saturated rings. The zero-order valence-electron chi connectivity index (χ0n) is 24.2. The van der Waals surface area contributed by atoms with Gasteiger partial charge in [-0.25, -0.2) is 4.57 Å². The number of hydrogen-bond donors (Lipinski definition) is 0. The highest BCUT2D eigenvalue weighted by Gasteiger charge is 2.03. The van der Waals surface area contributed by atoms with E-state index >= 15 is 0 Å². The Kier molecular flexibility index (Phi) is 20.6. The molecule has 0 aromatic carbocycles. The van der Waals surface area contributed by atoms with Gasteiger partial charge in [-0.15, -0.1) is 0 Å². The summed E-state index contributed by atoms with van der Waals surface area (Å²) in [6.07, 6.45) is 27.2. The van der Waals surface area contributed by atoms with Crippen LogP contribution in [0.15, 0.2) is 54.2 Å². The van der Waals surface area contributed by atoms with Crippen LogP contribution in [-0.2, 0) is 28.9 Å². The Morgan fingerprint density at radius 1 is 0.692 bits per heavy atom. The van der Waals surface area contributed by atoms with Crippen molar-refractivity contribution in [2.45, 2.75) is 109 Å². The highest BCUT2D eigenvalue weighted by atomic mass is 16.5. The summed E-state index contributed by atoms with van der Waals surface area (Å²) in [6, 6.07) is 8.54. The topological polar surface area (TPSA) is 84.0 Å². The summed E-state index contributed by atoms with van der Waals surface area (Å²) in [4.78, 5) is 6.94. The van der Waals surface area contributed by atoms with Gasteiger partial charge < -0.3 is 9.47 Å². The molecule has 0 amide bonds. The van der Waals surface area contributed by atoms with Gasteiger partial charge in [0.15, 0.2) is 12.4 Å². The van der Waals surface area contributed by atoms with Crippen LogP contribution in [0.5, 0.6) is 0 Å². The molecule has 0 bridgehead atoms. The highest BCUT2D eigenvalue weighted by Crippen LogP contribution is 2.08. The molecule has 7 nitrogen and oxygen atoms in total. The van der Waals surface area contributed by atoms with Gasteiger partial charge in [0.2, 0.25) is 0 Å². The second-order valence-corrected chi connectivity index (χ2v) is 10.4. The molecular formula is C32H52N5O2+. The monoisotopic (exact) mass is 538 g/mol. The number of aryl methyl sites for hydroxylation is 3. The Labute approximate surface area is 237 Å². The minimum absolute atomic E-state index is 0.632. The first-order valence-electron chi connectivity index (χ1n) is 15.4. The Morgan fingerprint density at radius 3 is 1.95 bits per heavy atom. The van der Waals surface area contributed by atoms with Crippen molar-refractivity contribution in [1.29, 1.82) is 0 Å². The van der Waals surface area contributed by atoms with Crippen LogP contribution in [0.1, 0.15) is 101 Å². The number of rotatable bonds is 26. The lowest BCUT2D eigenvalue weighted by atomic mass is 10.1. The van der Waals surface area contributed by atoms with E-state index in [9.17, 15) is 0 Å². The number of hydrogen-bond acceptors (Lipinski definition) is 4. The lowest BCUT2D eigenvalue weighted by Gasteiger charge is -2.05. The van der Waals surface area contributed by atoms with Gasteiger partial charge >= 0.3 is 0 Å². The van der Waals surface area contributed by atoms with Gasteiger partial charge in [-0.1, -0.05) is 56.1 Å². The molecule has 0 unspecified atom stereocenters. The van der Waals surface area contributed by atoms with E-state index in [4.69, 9.17) is 15.0 Å². The maximum atomic E-state index is 8.25. The van der Waals surface area contributed by atoms with Crippen molar-refractivity contribution in [2.75, 3.05) is 33.0 Å². The second kappa shape index (κ2) is 24.6. The van der Waals surface area contributed by atoms with Gasteiger partial charge in [0.1, 0.15) is 6.54 Å². The molecule has 2 aromatic heterocycles. The molecule has 0 atom stereocenters. The van der Waals surface area contributed by atoms with E-state index in [0.717, 1.165) is 77.9 Å². The molecule has 0 aliphatic carbocycles. The van der Waals surface area contributed by atoms with Gasteiger partial charge in [-0.3, -0.25) is 4.98 Å². The molecule has 2 rings (SSSR count). The van der Waals surface area contributed by atoms with Crippen molar-refractivity contribution in [1.82, 2.24) is 4.98 Å². The number of ether oxygens (including phenoxy) is 2. The smallest absolute Gasteiger partial charge is 0.171 e. The van der Waals surface area contributed by atoms with E-state index in [0.29, 0.717) is 6.54 Å². The Hall–Kier alpha value is -2.47. The third-order valence-electron chi connectivity index (χ3n) is 6.97. The number of aromatic nitrogens is 2. The number of nitrogens with zero attached hydrogens (tertiary/aromatic N) is 5. The fourth-order valence-corrected chi connectivity index (χ4v) is 4.71. The zero-order chi connectivity index (χ0) is 27.5. The van der Waals surface area contributed by atoms with Crippen molar-refractivity contribution in [3.63, 3.8) is 0 Å². The molecule has 0 saturated heterocycles. The summed E-state index contributed by atoms with van der Waals surface area (Å²) in [6.45, 7) is 5.19. The van der Waals surface area contributed by atoms with E-state index in [2.05, 4.69) is 50.2 Å². The first kappa shape index (κ1) is 32.7. The molecule has 0 spiro atoms. The third kappa shape index (κ3) is 19.3. The third-order valence-corrected chi connectivity index (χ3v) is 6.97. The van der Waals surface area contributed by atoms with Crippen molar-refractivity contribution in [3.8, 4) is 0 Å². The molecular weight excluding hydrogens is 486 g/mol. The van der Waals surface area contributed by atoms with E-state index in [1.54, 1.807) is 0 Å². The number of azide groups is 1. The quantitative estimate of drug-likeness (QED) is 0.0400. The van der Waals surface area contributed by atoms with E-state index in [1.807, 2.05) is 18.5 Å². The Morgan fingerprint density at radius 2 is 1.28 bits per heavy atom. The van der Waals surface area contributed by atoms with Gasteiger partial charge in [0.25, 0.3) is 0 Å². The summed E-state index contributed by atoms with van der Waals surface area (Å²) in [7, 11) is 0. The second-order valence-electron chi connectivity index (χ2n) is 10.4. The van der Waals surface area contributed by atoms with Crippen LogP contribution in [0.4, 0.5) is 0 Å². The van der Waals surface area contributed by atoms with Crippen LogP contribution < -0.4 is 4.57 Å². The Bertz CT molecular complexity index is 874. The molecule has 2 aromatic rings. The molecule has 0 aliphatic rings. The fourth-order valence-electron chi connectivity index (χ4n) is 4.71. The standard InChI is InChI=1S/C32H52N5O2/c33-36-35-22-9-5-1-3-7-11-26-39-28-16-20-32-18-14-24-37(30-32)23-10-6-2-4-8-12-25-38-27-15-19-31-17-13-21-34-29-31/h13-14,17-18,21,24,29-30H,1-12,15-16,19-20,22-23,25-28H2/q+1. The van der Waals surface area contributed by atoms with Crippen molar-refractivity contribution < 1.29 is 14.0 Å². The van der Waals surface area contributed by atoms with Gasteiger partial charge in [0.05, 0.1) is 0 Å².